The number of nitrogens with one attached hydrogen (secondary N) is 1. The van der Waals surface area contributed by atoms with Gasteiger partial charge in [0.05, 0.1) is 30.6 Å². The molecule has 156 valence electrons. The van der Waals surface area contributed by atoms with E-state index >= 15 is 0 Å². The number of allylic oxidation sites excluding steroid dienone is 2. The van der Waals surface area contributed by atoms with E-state index in [-0.39, 0.29) is 30.5 Å². The van der Waals surface area contributed by atoms with Crippen molar-refractivity contribution in [1.29, 1.82) is 0 Å². The SMILES string of the molecule is CCOC(=O)C1=C(COC(C)C)NC2=C(C(=O)CC(C)(C)C2)C1c1cccnc1. The second-order valence-corrected chi connectivity index (χ2v) is 8.65. The predicted octanol–water partition coefficient (Wildman–Crippen LogP) is 3.65. The summed E-state index contributed by atoms with van der Waals surface area (Å²) in [5.74, 6) is -0.878. The lowest BCUT2D eigenvalue weighted by molar-refractivity contribution is -0.139. The van der Waals surface area contributed by atoms with E-state index in [0.29, 0.717) is 23.3 Å². The van der Waals surface area contributed by atoms with Gasteiger partial charge in [0.1, 0.15) is 0 Å². The van der Waals surface area contributed by atoms with E-state index in [1.807, 2.05) is 26.0 Å². The third-order valence-electron chi connectivity index (χ3n) is 5.20. The molecule has 29 heavy (non-hydrogen) atoms. The number of esters is 1. The van der Waals surface area contributed by atoms with Crippen LogP contribution in [0.5, 0.6) is 0 Å². The molecule has 0 fully saturated rings. The van der Waals surface area contributed by atoms with Crippen molar-refractivity contribution in [1.82, 2.24) is 10.3 Å². The number of dihydropyridines is 1. The number of ketones is 1. The number of rotatable bonds is 6. The molecule has 0 amide bonds. The second-order valence-electron chi connectivity index (χ2n) is 8.65. The summed E-state index contributed by atoms with van der Waals surface area (Å²) in [6, 6.07) is 3.72. The van der Waals surface area contributed by atoms with Crippen LogP contribution in [0.4, 0.5) is 0 Å². The van der Waals surface area contributed by atoms with Crippen LogP contribution in [0.3, 0.4) is 0 Å². The normalized spacial score (nSPS) is 21.2. The fraction of sp³-hybridized carbons (Fsp3) is 0.522. The number of carbonyl (C=O) groups excluding carboxylic acids is 2. The number of hydrogen-bond acceptors (Lipinski definition) is 6. The topological polar surface area (TPSA) is 77.5 Å². The molecule has 2 heterocycles. The average Bonchev–Trinajstić information content (AvgIpc) is 2.65. The molecule has 0 aromatic carbocycles. The molecule has 6 nitrogen and oxygen atoms in total. The van der Waals surface area contributed by atoms with Crippen molar-refractivity contribution >= 4 is 11.8 Å². The Morgan fingerprint density at radius 2 is 2.10 bits per heavy atom. The molecule has 0 bridgehead atoms. The van der Waals surface area contributed by atoms with Gasteiger partial charge in [0, 0.05) is 36.0 Å². The van der Waals surface area contributed by atoms with Gasteiger partial charge in [-0.05, 0) is 44.2 Å². The smallest absolute Gasteiger partial charge is 0.336 e. The first-order chi connectivity index (χ1) is 13.7. The molecular weight excluding hydrogens is 368 g/mol. The molecule has 1 unspecified atom stereocenters. The maximum Gasteiger partial charge on any atom is 0.336 e. The van der Waals surface area contributed by atoms with Gasteiger partial charge in [-0.15, -0.1) is 0 Å². The van der Waals surface area contributed by atoms with Crippen LogP contribution in [0.15, 0.2) is 47.1 Å². The van der Waals surface area contributed by atoms with Gasteiger partial charge in [-0.25, -0.2) is 4.79 Å². The van der Waals surface area contributed by atoms with Crippen molar-refractivity contribution in [2.24, 2.45) is 5.41 Å². The highest BCUT2D eigenvalue weighted by Gasteiger charge is 2.43. The van der Waals surface area contributed by atoms with Crippen LogP contribution >= 0.6 is 0 Å². The summed E-state index contributed by atoms with van der Waals surface area (Å²) in [7, 11) is 0. The minimum absolute atomic E-state index is 0.00407. The third-order valence-corrected chi connectivity index (χ3v) is 5.20. The van der Waals surface area contributed by atoms with E-state index in [2.05, 4.69) is 24.1 Å². The van der Waals surface area contributed by atoms with Crippen LogP contribution < -0.4 is 5.32 Å². The number of nitrogens with zero attached hydrogens (tertiary/aromatic N) is 1. The number of ether oxygens (including phenoxy) is 2. The average molecular weight is 399 g/mol. The lowest BCUT2D eigenvalue weighted by atomic mass is 9.69. The van der Waals surface area contributed by atoms with Crippen molar-refractivity contribution < 1.29 is 19.1 Å². The van der Waals surface area contributed by atoms with E-state index in [0.717, 1.165) is 17.7 Å². The predicted molar refractivity (Wildman–Crippen MR) is 110 cm³/mol. The molecule has 0 spiro atoms. The van der Waals surface area contributed by atoms with Gasteiger partial charge in [-0.2, -0.15) is 0 Å². The Morgan fingerprint density at radius 3 is 2.72 bits per heavy atom. The van der Waals surface area contributed by atoms with Crippen LogP contribution in [0.2, 0.25) is 0 Å². The molecule has 0 radical (unpaired) electrons. The third kappa shape index (κ3) is 4.58. The van der Waals surface area contributed by atoms with Crippen molar-refractivity contribution in [3.63, 3.8) is 0 Å². The largest absolute Gasteiger partial charge is 0.463 e. The molecule has 3 rings (SSSR count). The second kappa shape index (κ2) is 8.49. The number of pyridine rings is 1. The Labute approximate surface area is 172 Å². The van der Waals surface area contributed by atoms with Crippen molar-refractivity contribution in [3.05, 3.63) is 52.6 Å². The van der Waals surface area contributed by atoms with Crippen LogP contribution in [0.1, 0.15) is 58.9 Å². The molecular formula is C23H30N2O4. The molecule has 1 aliphatic carbocycles. The van der Waals surface area contributed by atoms with Crippen LogP contribution in [-0.4, -0.2) is 36.1 Å². The zero-order valence-electron chi connectivity index (χ0n) is 17.9. The van der Waals surface area contributed by atoms with Crippen molar-refractivity contribution in [2.75, 3.05) is 13.2 Å². The van der Waals surface area contributed by atoms with Gasteiger partial charge in [0.25, 0.3) is 0 Å². The van der Waals surface area contributed by atoms with Crippen LogP contribution in [0.25, 0.3) is 0 Å². The highest BCUT2D eigenvalue weighted by atomic mass is 16.5. The Morgan fingerprint density at radius 1 is 1.34 bits per heavy atom. The number of hydrogen-bond donors (Lipinski definition) is 1. The van der Waals surface area contributed by atoms with E-state index < -0.39 is 11.9 Å². The Kier molecular flexibility index (Phi) is 6.22. The summed E-state index contributed by atoms with van der Waals surface area (Å²) in [6.07, 6.45) is 4.57. The Bertz CT molecular complexity index is 853. The lowest BCUT2D eigenvalue weighted by Crippen LogP contribution is -2.40. The fourth-order valence-corrected chi connectivity index (χ4v) is 4.04. The number of aromatic nitrogens is 1. The zero-order valence-corrected chi connectivity index (χ0v) is 17.9. The monoisotopic (exact) mass is 398 g/mol. The molecule has 1 atom stereocenters. The zero-order chi connectivity index (χ0) is 21.2. The van der Waals surface area contributed by atoms with Gasteiger partial charge in [0.2, 0.25) is 0 Å². The first-order valence-corrected chi connectivity index (χ1v) is 10.2. The maximum atomic E-state index is 13.2. The van der Waals surface area contributed by atoms with E-state index in [4.69, 9.17) is 9.47 Å². The van der Waals surface area contributed by atoms with Gasteiger partial charge in [-0.1, -0.05) is 19.9 Å². The minimum atomic E-state index is -0.506. The molecule has 1 aromatic rings. The molecule has 1 aromatic heterocycles. The molecule has 1 N–H and O–H groups in total. The molecule has 6 heteroatoms. The minimum Gasteiger partial charge on any atom is -0.463 e. The van der Waals surface area contributed by atoms with Crippen molar-refractivity contribution in [3.8, 4) is 0 Å². The summed E-state index contributed by atoms with van der Waals surface area (Å²) in [5.41, 5.74) is 3.28. The fourth-order valence-electron chi connectivity index (χ4n) is 4.04. The van der Waals surface area contributed by atoms with Gasteiger partial charge < -0.3 is 14.8 Å². The summed E-state index contributed by atoms with van der Waals surface area (Å²) in [6.45, 7) is 10.3. The summed E-state index contributed by atoms with van der Waals surface area (Å²) >= 11 is 0. The first-order valence-electron chi connectivity index (χ1n) is 10.2. The molecule has 1 aliphatic heterocycles. The molecule has 0 saturated carbocycles. The van der Waals surface area contributed by atoms with Crippen LogP contribution in [-0.2, 0) is 19.1 Å². The van der Waals surface area contributed by atoms with E-state index in [1.165, 1.54) is 0 Å². The molecule has 0 saturated heterocycles. The van der Waals surface area contributed by atoms with Gasteiger partial charge in [-0.3, -0.25) is 9.78 Å². The highest BCUT2D eigenvalue weighted by Crippen LogP contribution is 2.46. The molecule has 2 aliphatic rings. The maximum absolute atomic E-state index is 13.2. The Hall–Kier alpha value is -2.47. The number of Topliss-reactive ketones (excluding diaryl/α,β-unsaturated/α-hetero) is 1. The van der Waals surface area contributed by atoms with Gasteiger partial charge in [0.15, 0.2) is 5.78 Å². The Balaban J connectivity index is 2.17. The highest BCUT2D eigenvalue weighted by molar-refractivity contribution is 6.04. The van der Waals surface area contributed by atoms with Gasteiger partial charge >= 0.3 is 5.97 Å². The van der Waals surface area contributed by atoms with Crippen LogP contribution in [0, 0.1) is 5.41 Å². The summed E-state index contributed by atoms with van der Waals surface area (Å²) in [5, 5.41) is 3.38. The number of carbonyl (C=O) groups is 2. The standard InChI is InChI=1S/C23H30N2O4/c1-6-28-22(27)21-17(13-29-14(2)3)25-16-10-23(4,5)11-18(26)20(16)19(21)15-8-7-9-24-12-15/h7-9,12,14,19,25H,6,10-11,13H2,1-5H3. The summed E-state index contributed by atoms with van der Waals surface area (Å²) < 4.78 is 11.2. The van der Waals surface area contributed by atoms with E-state index in [1.54, 1.807) is 19.3 Å². The summed E-state index contributed by atoms with van der Waals surface area (Å²) in [4.78, 5) is 30.4. The quantitative estimate of drug-likeness (QED) is 0.737. The van der Waals surface area contributed by atoms with Crippen molar-refractivity contribution in [2.45, 2.75) is 59.5 Å². The van der Waals surface area contributed by atoms with E-state index in [9.17, 15) is 9.59 Å². The first kappa shape index (κ1) is 21.2. The lowest BCUT2D eigenvalue weighted by Gasteiger charge is -2.40.